The van der Waals surface area contributed by atoms with Crippen LogP contribution in [0.25, 0.3) is 22.2 Å². The fourth-order valence-electron chi connectivity index (χ4n) is 3.22. The van der Waals surface area contributed by atoms with Crippen LogP contribution >= 0.6 is 0 Å². The summed E-state index contributed by atoms with van der Waals surface area (Å²) in [7, 11) is 0. The summed E-state index contributed by atoms with van der Waals surface area (Å²) in [5.74, 6) is 1.66. The average molecular weight is 341 g/mol. The number of nitrogens with one attached hydrogen (secondary N) is 1. The Kier molecular flexibility index (Phi) is 3.63. The number of rotatable bonds is 5. The van der Waals surface area contributed by atoms with E-state index in [-0.39, 0.29) is 0 Å². The zero-order valence-corrected chi connectivity index (χ0v) is 14.3. The van der Waals surface area contributed by atoms with Gasteiger partial charge in [-0.1, -0.05) is 24.3 Å². The third kappa shape index (κ3) is 2.92. The van der Waals surface area contributed by atoms with Crippen LogP contribution in [-0.4, -0.2) is 26.7 Å². The molecule has 1 fully saturated rings. The van der Waals surface area contributed by atoms with Gasteiger partial charge < -0.3 is 4.90 Å². The maximum Gasteiger partial charge on any atom is 0.152 e. The lowest BCUT2D eigenvalue weighted by Gasteiger charge is -2.23. The van der Waals surface area contributed by atoms with Crippen molar-refractivity contribution in [2.24, 2.45) is 5.92 Å². The highest BCUT2D eigenvalue weighted by molar-refractivity contribution is 5.82. The van der Waals surface area contributed by atoms with E-state index in [1.54, 1.807) is 0 Å². The van der Waals surface area contributed by atoms with E-state index in [1.165, 1.54) is 18.5 Å². The van der Waals surface area contributed by atoms with Crippen LogP contribution in [0, 0.1) is 5.92 Å². The molecule has 0 aliphatic heterocycles. The predicted octanol–water partition coefficient (Wildman–Crippen LogP) is 4.57. The third-order valence-electron chi connectivity index (χ3n) is 4.84. The number of aromatic amines is 1. The molecule has 26 heavy (non-hydrogen) atoms. The Morgan fingerprint density at radius 2 is 1.85 bits per heavy atom. The van der Waals surface area contributed by atoms with Gasteiger partial charge in [-0.3, -0.25) is 10.1 Å². The number of aromatic nitrogens is 4. The van der Waals surface area contributed by atoms with Crippen molar-refractivity contribution in [1.82, 2.24) is 20.2 Å². The van der Waals surface area contributed by atoms with Gasteiger partial charge in [0.05, 0.1) is 23.4 Å². The second kappa shape index (κ2) is 6.26. The largest absolute Gasteiger partial charge is 0.325 e. The normalized spacial score (nSPS) is 13.8. The molecule has 1 aliphatic carbocycles. The number of benzene rings is 2. The van der Waals surface area contributed by atoms with Gasteiger partial charge in [0.25, 0.3) is 0 Å². The van der Waals surface area contributed by atoms with E-state index in [2.05, 4.69) is 56.5 Å². The molecule has 0 bridgehead atoms. The van der Waals surface area contributed by atoms with Gasteiger partial charge >= 0.3 is 0 Å². The van der Waals surface area contributed by atoms with Gasteiger partial charge in [0.2, 0.25) is 0 Å². The van der Waals surface area contributed by atoms with Crippen molar-refractivity contribution in [1.29, 1.82) is 0 Å². The van der Waals surface area contributed by atoms with Gasteiger partial charge in [0.15, 0.2) is 5.82 Å². The highest BCUT2D eigenvalue weighted by atomic mass is 15.2. The Hall–Kier alpha value is -3.21. The molecule has 5 heteroatoms. The number of H-pyrrole nitrogens is 1. The Morgan fingerprint density at radius 3 is 2.62 bits per heavy atom. The quantitative estimate of drug-likeness (QED) is 0.578. The van der Waals surface area contributed by atoms with Crippen molar-refractivity contribution in [2.75, 3.05) is 11.4 Å². The molecule has 5 nitrogen and oxygen atoms in total. The van der Waals surface area contributed by atoms with E-state index in [9.17, 15) is 0 Å². The Morgan fingerprint density at radius 1 is 0.962 bits per heavy atom. The van der Waals surface area contributed by atoms with Gasteiger partial charge in [-0.25, -0.2) is 4.98 Å². The molecule has 0 radical (unpaired) electrons. The molecular formula is C21H19N5. The first-order valence-electron chi connectivity index (χ1n) is 8.95. The summed E-state index contributed by atoms with van der Waals surface area (Å²) in [5.41, 5.74) is 5.11. The molecule has 0 spiro atoms. The minimum absolute atomic E-state index is 0.755. The first-order valence-corrected chi connectivity index (χ1v) is 8.95. The van der Waals surface area contributed by atoms with Crippen LogP contribution in [0.15, 0.2) is 67.1 Å². The molecule has 4 aromatic rings. The van der Waals surface area contributed by atoms with E-state index >= 15 is 0 Å². The lowest BCUT2D eigenvalue weighted by atomic mass is 10.1. The third-order valence-corrected chi connectivity index (χ3v) is 4.84. The average Bonchev–Trinajstić information content (AvgIpc) is 3.35. The zero-order valence-electron chi connectivity index (χ0n) is 14.3. The maximum absolute atomic E-state index is 4.94. The lowest BCUT2D eigenvalue weighted by molar-refractivity contribution is 0.804. The molecule has 2 aromatic heterocycles. The van der Waals surface area contributed by atoms with Crippen molar-refractivity contribution >= 4 is 22.5 Å². The number of nitrogens with zero attached hydrogens (tertiary/aromatic N) is 4. The number of hydrogen-bond donors (Lipinski definition) is 1. The molecular weight excluding hydrogens is 322 g/mol. The minimum Gasteiger partial charge on any atom is -0.325 e. The van der Waals surface area contributed by atoms with E-state index in [0.29, 0.717) is 0 Å². The molecule has 0 atom stereocenters. The fraction of sp³-hybridized carbons (Fsp3) is 0.190. The molecule has 128 valence electrons. The topological polar surface area (TPSA) is 57.7 Å². The standard InChI is InChI=1S/C21H19N5/c1-2-4-18(5-3-1)26(14-15-6-7-15)21-13-22-19-9-8-16(10-20(19)25-21)17-11-23-24-12-17/h1-5,8-13,15H,6-7,14H2,(H,23,24). The molecule has 1 saturated carbocycles. The van der Waals surface area contributed by atoms with Crippen LogP contribution in [0.2, 0.25) is 0 Å². The summed E-state index contributed by atoms with van der Waals surface area (Å²) in [4.78, 5) is 11.9. The SMILES string of the molecule is c1ccc(N(CC2CC2)c2cnc3ccc(-c4cn[nH]c4)cc3n2)cc1. The first kappa shape index (κ1) is 15.1. The Bertz CT molecular complexity index is 1020. The highest BCUT2D eigenvalue weighted by Gasteiger charge is 2.26. The summed E-state index contributed by atoms with van der Waals surface area (Å²) >= 11 is 0. The van der Waals surface area contributed by atoms with Crippen molar-refractivity contribution in [3.63, 3.8) is 0 Å². The second-order valence-electron chi connectivity index (χ2n) is 6.81. The van der Waals surface area contributed by atoms with Gasteiger partial charge in [-0.2, -0.15) is 5.10 Å². The van der Waals surface area contributed by atoms with Crippen LogP contribution in [0.4, 0.5) is 11.5 Å². The van der Waals surface area contributed by atoms with E-state index in [4.69, 9.17) is 4.98 Å². The van der Waals surface area contributed by atoms with Gasteiger partial charge in [-0.05, 0) is 48.6 Å². The van der Waals surface area contributed by atoms with Crippen molar-refractivity contribution < 1.29 is 0 Å². The number of para-hydroxylation sites is 1. The number of anilines is 2. The van der Waals surface area contributed by atoms with Crippen LogP contribution in [0.1, 0.15) is 12.8 Å². The highest BCUT2D eigenvalue weighted by Crippen LogP contribution is 2.35. The molecule has 0 amide bonds. The van der Waals surface area contributed by atoms with Crippen LogP contribution in [0.5, 0.6) is 0 Å². The predicted molar refractivity (Wildman–Crippen MR) is 103 cm³/mol. The van der Waals surface area contributed by atoms with Crippen LogP contribution in [-0.2, 0) is 0 Å². The van der Waals surface area contributed by atoms with E-state index < -0.39 is 0 Å². The lowest BCUT2D eigenvalue weighted by Crippen LogP contribution is -2.21. The Labute approximate surface area is 151 Å². The van der Waals surface area contributed by atoms with Gasteiger partial charge in [-0.15, -0.1) is 0 Å². The smallest absolute Gasteiger partial charge is 0.152 e. The molecule has 2 heterocycles. The molecule has 2 aromatic carbocycles. The molecule has 1 aliphatic rings. The first-order chi connectivity index (χ1) is 12.9. The second-order valence-corrected chi connectivity index (χ2v) is 6.81. The summed E-state index contributed by atoms with van der Waals surface area (Å²) in [6.45, 7) is 0.992. The van der Waals surface area contributed by atoms with Crippen molar-refractivity contribution in [2.45, 2.75) is 12.8 Å². The van der Waals surface area contributed by atoms with Gasteiger partial charge in [0, 0.05) is 24.0 Å². The van der Waals surface area contributed by atoms with Crippen molar-refractivity contribution in [3.8, 4) is 11.1 Å². The van der Waals surface area contributed by atoms with Crippen LogP contribution < -0.4 is 4.90 Å². The molecule has 1 N–H and O–H groups in total. The monoisotopic (exact) mass is 341 g/mol. The fourth-order valence-corrected chi connectivity index (χ4v) is 3.22. The zero-order chi connectivity index (χ0) is 17.3. The number of fused-ring (bicyclic) bond motifs is 1. The molecule has 0 unspecified atom stereocenters. The summed E-state index contributed by atoms with van der Waals surface area (Å²) < 4.78 is 0. The minimum atomic E-state index is 0.755. The summed E-state index contributed by atoms with van der Waals surface area (Å²) in [6.07, 6.45) is 8.20. The van der Waals surface area contributed by atoms with Crippen LogP contribution in [0.3, 0.4) is 0 Å². The molecule has 5 rings (SSSR count). The summed E-state index contributed by atoms with van der Waals surface area (Å²) in [6, 6.07) is 16.6. The van der Waals surface area contributed by atoms with Gasteiger partial charge in [0.1, 0.15) is 0 Å². The molecule has 0 saturated heterocycles. The van der Waals surface area contributed by atoms with Crippen molar-refractivity contribution in [3.05, 3.63) is 67.1 Å². The van der Waals surface area contributed by atoms with E-state index in [1.807, 2.05) is 30.7 Å². The summed E-state index contributed by atoms with van der Waals surface area (Å²) in [5, 5.41) is 6.90. The maximum atomic E-state index is 4.94. The van der Waals surface area contributed by atoms with E-state index in [0.717, 1.165) is 40.4 Å². The number of hydrogen-bond acceptors (Lipinski definition) is 4. The Balaban J connectivity index is 1.57.